The van der Waals surface area contributed by atoms with Gasteiger partial charge in [-0.15, -0.1) is 11.3 Å². The Morgan fingerprint density at radius 1 is 1.64 bits per heavy atom. The number of thiophene rings is 1. The lowest BCUT2D eigenvalue weighted by Gasteiger charge is -2.25. The third-order valence-corrected chi connectivity index (χ3v) is 4.45. The number of hydrogen-bond acceptors (Lipinski definition) is 3. The molecule has 0 bridgehead atoms. The van der Waals surface area contributed by atoms with Crippen molar-refractivity contribution in [3.05, 3.63) is 21.9 Å². The second-order valence-corrected chi connectivity index (χ2v) is 5.20. The molecule has 78 valence electrons. The fourth-order valence-electron chi connectivity index (χ4n) is 2.17. The Kier molecular flexibility index (Phi) is 2.64. The van der Waals surface area contributed by atoms with Crippen LogP contribution in [0.3, 0.4) is 0 Å². The van der Waals surface area contributed by atoms with Crippen molar-refractivity contribution in [2.75, 3.05) is 13.6 Å². The molecule has 0 spiro atoms. The number of nitrogens with two attached hydrogens (primary N) is 1. The van der Waals surface area contributed by atoms with Gasteiger partial charge < -0.3 is 11.1 Å². The third kappa shape index (κ3) is 1.49. The van der Waals surface area contributed by atoms with Crippen LogP contribution in [0.1, 0.15) is 29.3 Å². The molecule has 1 aromatic rings. The van der Waals surface area contributed by atoms with Crippen LogP contribution in [0.5, 0.6) is 0 Å². The van der Waals surface area contributed by atoms with Crippen molar-refractivity contribution in [1.29, 1.82) is 0 Å². The van der Waals surface area contributed by atoms with Gasteiger partial charge in [-0.25, -0.2) is 0 Å². The quantitative estimate of drug-likeness (QED) is 0.798. The first-order valence-electron chi connectivity index (χ1n) is 5.15. The van der Waals surface area contributed by atoms with Gasteiger partial charge in [0.2, 0.25) is 0 Å². The Hall–Kier alpha value is -0.380. The summed E-state index contributed by atoms with van der Waals surface area (Å²) in [6.07, 6.45) is 2.54. The Morgan fingerprint density at radius 3 is 2.71 bits per heavy atom. The van der Waals surface area contributed by atoms with Gasteiger partial charge in [-0.1, -0.05) is 0 Å². The van der Waals surface area contributed by atoms with Crippen LogP contribution in [0.15, 0.2) is 11.4 Å². The van der Waals surface area contributed by atoms with Crippen LogP contribution >= 0.6 is 11.3 Å². The average molecular weight is 210 g/mol. The lowest BCUT2D eigenvalue weighted by Crippen LogP contribution is -2.31. The van der Waals surface area contributed by atoms with E-state index in [1.165, 1.54) is 23.3 Å². The van der Waals surface area contributed by atoms with Crippen LogP contribution in [0, 0.1) is 12.3 Å². The minimum absolute atomic E-state index is 0.352. The van der Waals surface area contributed by atoms with Gasteiger partial charge in [0.05, 0.1) is 0 Å². The summed E-state index contributed by atoms with van der Waals surface area (Å²) in [5.74, 6) is 0. The van der Waals surface area contributed by atoms with Gasteiger partial charge in [0.15, 0.2) is 0 Å². The minimum atomic E-state index is 0.352. The molecule has 1 fully saturated rings. The van der Waals surface area contributed by atoms with Gasteiger partial charge in [-0.2, -0.15) is 0 Å². The molecular weight excluding hydrogens is 192 g/mol. The lowest BCUT2D eigenvalue weighted by atomic mass is 9.93. The molecule has 2 nitrogen and oxygen atoms in total. The molecule has 3 N–H and O–H groups in total. The van der Waals surface area contributed by atoms with Crippen LogP contribution < -0.4 is 11.1 Å². The second-order valence-electron chi connectivity index (χ2n) is 4.26. The lowest BCUT2D eigenvalue weighted by molar-refractivity contribution is 0.370. The van der Waals surface area contributed by atoms with Crippen LogP contribution in [0.2, 0.25) is 0 Å². The van der Waals surface area contributed by atoms with Crippen molar-refractivity contribution >= 4 is 11.3 Å². The van der Waals surface area contributed by atoms with Crippen LogP contribution in [-0.4, -0.2) is 13.6 Å². The highest BCUT2D eigenvalue weighted by Crippen LogP contribution is 2.55. The maximum Gasteiger partial charge on any atom is 0.0484 e. The fourth-order valence-corrected chi connectivity index (χ4v) is 3.34. The smallest absolute Gasteiger partial charge is 0.0484 e. The number of hydrogen-bond donors (Lipinski definition) is 2. The zero-order chi connectivity index (χ0) is 10.2. The summed E-state index contributed by atoms with van der Waals surface area (Å²) in [6, 6.07) is 2.66. The van der Waals surface area contributed by atoms with Crippen molar-refractivity contribution in [1.82, 2.24) is 5.32 Å². The molecule has 2 rings (SSSR count). The largest absolute Gasteiger partial charge is 0.330 e. The second kappa shape index (κ2) is 3.65. The zero-order valence-electron chi connectivity index (χ0n) is 8.84. The summed E-state index contributed by atoms with van der Waals surface area (Å²) < 4.78 is 0. The average Bonchev–Trinajstić information content (AvgIpc) is 2.88. The van der Waals surface area contributed by atoms with E-state index in [0.29, 0.717) is 11.5 Å². The molecule has 1 aliphatic carbocycles. The van der Waals surface area contributed by atoms with Gasteiger partial charge in [0.25, 0.3) is 0 Å². The Bertz CT molecular complexity index is 315. The SMILES string of the molecule is CNC(c1sccc1C)C1(CN)CC1. The predicted octanol–water partition coefficient (Wildman–Crippen LogP) is 2.06. The van der Waals surface area contributed by atoms with E-state index in [0.717, 1.165) is 6.54 Å². The van der Waals surface area contributed by atoms with Crippen molar-refractivity contribution in [2.24, 2.45) is 11.1 Å². The molecule has 0 amide bonds. The summed E-state index contributed by atoms with van der Waals surface area (Å²) in [5, 5.41) is 5.60. The first-order valence-corrected chi connectivity index (χ1v) is 6.03. The molecule has 14 heavy (non-hydrogen) atoms. The molecule has 0 aromatic carbocycles. The van der Waals surface area contributed by atoms with Gasteiger partial charge in [-0.05, 0) is 50.4 Å². The van der Waals surface area contributed by atoms with E-state index in [9.17, 15) is 0 Å². The van der Waals surface area contributed by atoms with E-state index in [4.69, 9.17) is 5.73 Å². The monoisotopic (exact) mass is 210 g/mol. The van der Waals surface area contributed by atoms with Crippen molar-refractivity contribution in [3.63, 3.8) is 0 Å². The summed E-state index contributed by atoms with van der Waals surface area (Å²) in [5.41, 5.74) is 7.61. The normalized spacial score (nSPS) is 20.8. The molecule has 0 saturated heterocycles. The van der Waals surface area contributed by atoms with Crippen molar-refractivity contribution in [3.8, 4) is 0 Å². The minimum Gasteiger partial charge on any atom is -0.330 e. The van der Waals surface area contributed by atoms with Crippen molar-refractivity contribution in [2.45, 2.75) is 25.8 Å². The molecule has 1 unspecified atom stereocenters. The maximum atomic E-state index is 5.87. The Morgan fingerprint density at radius 2 is 2.36 bits per heavy atom. The molecule has 3 heteroatoms. The summed E-state index contributed by atoms with van der Waals surface area (Å²) in [6.45, 7) is 2.98. The highest BCUT2D eigenvalue weighted by molar-refractivity contribution is 7.10. The van der Waals surface area contributed by atoms with E-state index in [2.05, 4.69) is 23.7 Å². The first kappa shape index (κ1) is 10.1. The van der Waals surface area contributed by atoms with E-state index in [1.807, 2.05) is 18.4 Å². The summed E-state index contributed by atoms with van der Waals surface area (Å²) in [7, 11) is 2.04. The Balaban J connectivity index is 2.26. The standard InChI is InChI=1S/C11H18N2S/c1-8-3-6-14-9(8)10(13-2)11(7-12)4-5-11/h3,6,10,13H,4-5,7,12H2,1-2H3. The third-order valence-electron chi connectivity index (χ3n) is 3.36. The van der Waals surface area contributed by atoms with E-state index in [-0.39, 0.29) is 0 Å². The highest BCUT2D eigenvalue weighted by atomic mass is 32.1. The maximum absolute atomic E-state index is 5.87. The molecule has 0 radical (unpaired) electrons. The fraction of sp³-hybridized carbons (Fsp3) is 0.636. The number of rotatable bonds is 4. The molecule has 1 aromatic heterocycles. The van der Waals surface area contributed by atoms with Gasteiger partial charge in [0.1, 0.15) is 0 Å². The van der Waals surface area contributed by atoms with Gasteiger partial charge >= 0.3 is 0 Å². The summed E-state index contributed by atoms with van der Waals surface area (Å²) >= 11 is 1.85. The topological polar surface area (TPSA) is 38.0 Å². The van der Waals surface area contributed by atoms with Crippen LogP contribution in [0.4, 0.5) is 0 Å². The number of aryl methyl sites for hydroxylation is 1. The zero-order valence-corrected chi connectivity index (χ0v) is 9.66. The molecule has 1 heterocycles. The van der Waals surface area contributed by atoms with Gasteiger partial charge in [-0.3, -0.25) is 0 Å². The molecule has 1 saturated carbocycles. The van der Waals surface area contributed by atoms with Crippen LogP contribution in [-0.2, 0) is 0 Å². The van der Waals surface area contributed by atoms with E-state index < -0.39 is 0 Å². The van der Waals surface area contributed by atoms with Crippen molar-refractivity contribution < 1.29 is 0 Å². The van der Waals surface area contributed by atoms with Gasteiger partial charge in [0, 0.05) is 16.3 Å². The molecular formula is C11H18N2S. The molecule has 1 atom stereocenters. The molecule has 1 aliphatic rings. The summed E-state index contributed by atoms with van der Waals surface area (Å²) in [4.78, 5) is 1.47. The highest BCUT2D eigenvalue weighted by Gasteiger charge is 2.48. The van der Waals surface area contributed by atoms with Crippen LogP contribution in [0.25, 0.3) is 0 Å². The number of nitrogens with one attached hydrogen (secondary N) is 1. The van der Waals surface area contributed by atoms with E-state index >= 15 is 0 Å². The molecule has 0 aliphatic heterocycles. The Labute approximate surface area is 89.5 Å². The predicted molar refractivity (Wildman–Crippen MR) is 61.6 cm³/mol. The first-order chi connectivity index (χ1) is 6.73. The van der Waals surface area contributed by atoms with E-state index in [1.54, 1.807) is 0 Å².